The molecule has 32 heavy (non-hydrogen) atoms. The Kier molecular flexibility index (Phi) is 6.67. The molecule has 2 saturated carbocycles. The monoisotopic (exact) mass is 448 g/mol. The quantitative estimate of drug-likeness (QED) is 0.376. The number of hydrogen-bond acceptors (Lipinski definition) is 8. The number of nitrogens with two attached hydrogens (primary N) is 2. The van der Waals surface area contributed by atoms with E-state index < -0.39 is 69.9 Å². The van der Waals surface area contributed by atoms with Gasteiger partial charge in [0, 0.05) is 37.8 Å². The molecule has 0 aromatic rings. The molecule has 4 atom stereocenters. The summed E-state index contributed by atoms with van der Waals surface area (Å²) in [5.41, 5.74) is 8.68. The number of carbonyl (C=O) groups is 6. The average Bonchev–Trinajstić information content (AvgIpc) is 2.76. The number of Topliss-reactive ketones (excluding diaryl/α,β-unsaturated/α-hetero) is 4. The molecule has 0 bridgehead atoms. The third-order valence-corrected chi connectivity index (χ3v) is 7.52. The number of amides is 2. The summed E-state index contributed by atoms with van der Waals surface area (Å²) in [4.78, 5) is 78.7. The minimum absolute atomic E-state index is 0.0735. The summed E-state index contributed by atoms with van der Waals surface area (Å²) in [6.45, 7) is 3.39. The Balaban J connectivity index is 2.05. The molecule has 6 N–H and O–H groups in total. The van der Waals surface area contributed by atoms with Crippen molar-refractivity contribution in [2.75, 3.05) is 0 Å². The summed E-state index contributed by atoms with van der Waals surface area (Å²) in [5, 5.41) is 5.02. The fourth-order valence-corrected chi connectivity index (χ4v) is 5.72. The van der Waals surface area contributed by atoms with Crippen LogP contribution in [-0.2, 0) is 28.8 Å². The molecule has 4 unspecified atom stereocenters. The summed E-state index contributed by atoms with van der Waals surface area (Å²) in [7, 11) is 0. The summed E-state index contributed by atoms with van der Waals surface area (Å²) in [6, 6.07) is -4.96. The Labute approximate surface area is 186 Å². The van der Waals surface area contributed by atoms with Gasteiger partial charge in [-0.2, -0.15) is 0 Å². The second-order valence-corrected chi connectivity index (χ2v) is 9.05. The molecule has 0 aromatic heterocycles. The van der Waals surface area contributed by atoms with Crippen LogP contribution in [-0.4, -0.2) is 59.1 Å². The van der Waals surface area contributed by atoms with E-state index in [9.17, 15) is 28.8 Å². The van der Waals surface area contributed by atoms with E-state index >= 15 is 0 Å². The third-order valence-electron chi connectivity index (χ3n) is 7.52. The lowest BCUT2D eigenvalue weighted by atomic mass is 9.59. The highest BCUT2D eigenvalue weighted by molar-refractivity contribution is 6.19. The van der Waals surface area contributed by atoms with Crippen molar-refractivity contribution < 1.29 is 28.8 Å². The first-order chi connectivity index (χ1) is 15.1. The fourth-order valence-electron chi connectivity index (χ4n) is 5.72. The highest BCUT2D eigenvalue weighted by Crippen LogP contribution is 2.42. The topological polar surface area (TPSA) is 179 Å². The van der Waals surface area contributed by atoms with Gasteiger partial charge in [0.2, 0.25) is 11.8 Å². The first kappa shape index (κ1) is 24.2. The molecule has 0 radical (unpaired) electrons. The second kappa shape index (κ2) is 8.82. The van der Waals surface area contributed by atoms with Gasteiger partial charge in [-0.1, -0.05) is 13.8 Å². The van der Waals surface area contributed by atoms with Gasteiger partial charge in [0.15, 0.2) is 23.1 Å². The van der Waals surface area contributed by atoms with Gasteiger partial charge in [-0.15, -0.1) is 0 Å². The molecule has 0 aromatic carbocycles. The van der Waals surface area contributed by atoms with Crippen LogP contribution in [0, 0.1) is 10.8 Å². The van der Waals surface area contributed by atoms with E-state index in [4.69, 9.17) is 11.5 Å². The highest BCUT2D eigenvalue weighted by Gasteiger charge is 2.65. The fraction of sp³-hybridized carbons (Fsp3) is 0.727. The number of hydrogen-bond donors (Lipinski definition) is 4. The van der Waals surface area contributed by atoms with Crippen molar-refractivity contribution in [3.63, 3.8) is 0 Å². The highest BCUT2D eigenvalue weighted by atomic mass is 16.2. The lowest BCUT2D eigenvalue weighted by Gasteiger charge is -2.49. The Hall–Kier alpha value is -2.46. The van der Waals surface area contributed by atoms with Gasteiger partial charge in [-0.3, -0.25) is 28.8 Å². The Morgan fingerprint density at radius 1 is 0.688 bits per heavy atom. The molecule has 176 valence electrons. The van der Waals surface area contributed by atoms with Gasteiger partial charge < -0.3 is 22.1 Å². The van der Waals surface area contributed by atoms with Gasteiger partial charge in [-0.05, 0) is 25.7 Å². The van der Waals surface area contributed by atoms with E-state index in [0.29, 0.717) is 12.8 Å². The molecule has 1 saturated heterocycles. The molecule has 1 heterocycles. The lowest BCUT2D eigenvalue weighted by molar-refractivity contribution is -0.162. The summed E-state index contributed by atoms with van der Waals surface area (Å²) in [6.07, 6.45) is 1.49. The Bertz CT molecular complexity index is 766. The first-order valence-electron chi connectivity index (χ1n) is 11.3. The average molecular weight is 449 g/mol. The predicted octanol–water partition coefficient (Wildman–Crippen LogP) is -0.939. The molecule has 2 amide bonds. The third kappa shape index (κ3) is 3.23. The van der Waals surface area contributed by atoms with Crippen LogP contribution < -0.4 is 22.1 Å². The normalized spacial score (nSPS) is 29.9. The van der Waals surface area contributed by atoms with Crippen molar-refractivity contribution in [2.45, 2.75) is 89.4 Å². The van der Waals surface area contributed by atoms with Crippen LogP contribution in [0.1, 0.15) is 65.2 Å². The summed E-state index contributed by atoms with van der Waals surface area (Å²) < 4.78 is 0. The maximum absolute atomic E-state index is 13.3. The molecule has 2 aliphatic carbocycles. The van der Waals surface area contributed by atoms with Crippen LogP contribution in [0.4, 0.5) is 0 Å². The van der Waals surface area contributed by atoms with E-state index in [1.807, 2.05) is 0 Å². The summed E-state index contributed by atoms with van der Waals surface area (Å²) >= 11 is 0. The van der Waals surface area contributed by atoms with Gasteiger partial charge in [0.05, 0.1) is 0 Å². The van der Waals surface area contributed by atoms with Crippen molar-refractivity contribution in [1.29, 1.82) is 0 Å². The van der Waals surface area contributed by atoms with Crippen LogP contribution >= 0.6 is 0 Å². The zero-order valence-corrected chi connectivity index (χ0v) is 18.6. The second-order valence-electron chi connectivity index (χ2n) is 9.05. The van der Waals surface area contributed by atoms with Gasteiger partial charge in [-0.25, -0.2) is 0 Å². The Morgan fingerprint density at radius 3 is 1.22 bits per heavy atom. The number of carbonyl (C=O) groups excluding carboxylic acids is 6. The van der Waals surface area contributed by atoms with Crippen molar-refractivity contribution in [3.05, 3.63) is 0 Å². The van der Waals surface area contributed by atoms with Crippen molar-refractivity contribution in [2.24, 2.45) is 22.3 Å². The van der Waals surface area contributed by atoms with E-state index in [0.717, 1.165) is 0 Å². The first-order valence-corrected chi connectivity index (χ1v) is 11.3. The minimum Gasteiger partial charge on any atom is -0.341 e. The number of rotatable bonds is 6. The van der Waals surface area contributed by atoms with Crippen LogP contribution in [0.5, 0.6) is 0 Å². The lowest BCUT2D eigenvalue weighted by Crippen LogP contribution is -2.78. The zero-order valence-electron chi connectivity index (χ0n) is 18.6. The van der Waals surface area contributed by atoms with E-state index in [1.54, 1.807) is 13.8 Å². The SMILES string of the molecule is CCC(N)C1(C2NC(=O)C(C3(C(N)CC)C(=O)CCCC3=O)NC2=O)C(=O)CCCC1=O. The van der Waals surface area contributed by atoms with Crippen LogP contribution in [0.2, 0.25) is 0 Å². The number of nitrogens with one attached hydrogen (secondary N) is 2. The number of ketones is 4. The van der Waals surface area contributed by atoms with Crippen molar-refractivity contribution in [3.8, 4) is 0 Å². The molecular formula is C22H32N4O6. The van der Waals surface area contributed by atoms with Crippen LogP contribution in [0.25, 0.3) is 0 Å². The molecule has 3 rings (SSSR count). The van der Waals surface area contributed by atoms with Gasteiger partial charge in [0.1, 0.15) is 22.9 Å². The van der Waals surface area contributed by atoms with E-state index in [-0.39, 0.29) is 38.5 Å². The molecule has 3 fully saturated rings. The largest absolute Gasteiger partial charge is 0.341 e. The van der Waals surface area contributed by atoms with Gasteiger partial charge >= 0.3 is 0 Å². The van der Waals surface area contributed by atoms with Gasteiger partial charge in [0.25, 0.3) is 0 Å². The standard InChI is InChI=1S/C22H32N4O6/c1-3-11(23)21(13(27)7-5-8-14(21)28)17-19(31)26-18(20(32)25-17)22(12(24)4-2)15(29)9-6-10-16(22)30/h11-12,17-18H,3-10,23-24H2,1-2H3,(H,25,32)(H,26,31). The smallest absolute Gasteiger partial charge is 0.244 e. The molecule has 0 spiro atoms. The van der Waals surface area contributed by atoms with Crippen LogP contribution in [0.15, 0.2) is 0 Å². The van der Waals surface area contributed by atoms with E-state index in [1.165, 1.54) is 0 Å². The van der Waals surface area contributed by atoms with Crippen LogP contribution in [0.3, 0.4) is 0 Å². The molecule has 10 heteroatoms. The zero-order chi connectivity index (χ0) is 23.8. The maximum Gasteiger partial charge on any atom is 0.244 e. The maximum atomic E-state index is 13.3. The van der Waals surface area contributed by atoms with E-state index in [2.05, 4.69) is 10.6 Å². The molecular weight excluding hydrogens is 416 g/mol. The molecule has 3 aliphatic rings. The Morgan fingerprint density at radius 2 is 0.969 bits per heavy atom. The molecule has 10 nitrogen and oxygen atoms in total. The molecule has 1 aliphatic heterocycles. The number of piperazine rings is 1. The van der Waals surface area contributed by atoms with Crippen molar-refractivity contribution in [1.82, 2.24) is 10.6 Å². The van der Waals surface area contributed by atoms with Crippen molar-refractivity contribution >= 4 is 34.9 Å². The summed E-state index contributed by atoms with van der Waals surface area (Å²) in [5.74, 6) is -3.54. The predicted molar refractivity (Wildman–Crippen MR) is 113 cm³/mol. The minimum atomic E-state index is -1.88.